The lowest BCUT2D eigenvalue weighted by molar-refractivity contribution is 0.369. The van der Waals surface area contributed by atoms with E-state index in [1.54, 1.807) is 6.26 Å². The van der Waals surface area contributed by atoms with Crippen LogP contribution in [0, 0.1) is 0 Å². The number of nitrogens with one attached hydrogen (secondary N) is 1. The Balaban J connectivity index is 1.88. The molecule has 0 amide bonds. The van der Waals surface area contributed by atoms with Crippen LogP contribution in [0.15, 0.2) is 28.9 Å². The summed E-state index contributed by atoms with van der Waals surface area (Å²) in [6.45, 7) is 3.34. The van der Waals surface area contributed by atoms with Gasteiger partial charge in [0.05, 0.1) is 6.26 Å². The van der Waals surface area contributed by atoms with Crippen LogP contribution in [0.2, 0.25) is 0 Å². The molecule has 1 aliphatic heterocycles. The number of rotatable bonds is 2. The summed E-state index contributed by atoms with van der Waals surface area (Å²) in [5.41, 5.74) is 2.25. The summed E-state index contributed by atoms with van der Waals surface area (Å²) in [6.07, 6.45) is 4.05. The van der Waals surface area contributed by atoms with Crippen molar-refractivity contribution >= 4 is 0 Å². The number of nitrogens with zero attached hydrogens (tertiary/aromatic N) is 2. The molecule has 4 nitrogen and oxygen atoms in total. The maximum Gasteiger partial charge on any atom is 0.154 e. The van der Waals surface area contributed by atoms with Gasteiger partial charge < -0.3 is 9.73 Å². The highest BCUT2D eigenvalue weighted by Crippen LogP contribution is 2.30. The van der Waals surface area contributed by atoms with Crippen molar-refractivity contribution in [3.63, 3.8) is 0 Å². The Hall–Kier alpha value is -1.55. The molecule has 0 aliphatic carbocycles. The smallest absolute Gasteiger partial charge is 0.154 e. The third kappa shape index (κ3) is 2.08. The maximum absolute atomic E-state index is 5.41. The van der Waals surface area contributed by atoms with Gasteiger partial charge >= 0.3 is 0 Å². The molecule has 0 saturated carbocycles. The van der Waals surface area contributed by atoms with Crippen LogP contribution in [0.3, 0.4) is 0 Å². The van der Waals surface area contributed by atoms with Crippen molar-refractivity contribution in [2.75, 3.05) is 6.54 Å². The van der Waals surface area contributed by atoms with Crippen molar-refractivity contribution in [1.82, 2.24) is 15.1 Å². The van der Waals surface area contributed by atoms with Gasteiger partial charge in [0, 0.05) is 24.7 Å². The molecule has 18 heavy (non-hydrogen) atoms. The van der Waals surface area contributed by atoms with Gasteiger partial charge in [-0.3, -0.25) is 4.68 Å². The molecular formula is C14H19N3O. The second kappa shape index (κ2) is 4.61. The summed E-state index contributed by atoms with van der Waals surface area (Å²) in [5.74, 6) is 1.45. The molecule has 0 aromatic carbocycles. The van der Waals surface area contributed by atoms with Crippen molar-refractivity contribution in [3.8, 4) is 11.5 Å². The minimum Gasteiger partial charge on any atom is -0.463 e. The summed E-state index contributed by atoms with van der Waals surface area (Å²) in [7, 11) is 2.02. The van der Waals surface area contributed by atoms with Crippen molar-refractivity contribution < 1.29 is 4.42 Å². The number of furan rings is 1. The van der Waals surface area contributed by atoms with E-state index >= 15 is 0 Å². The van der Waals surface area contributed by atoms with Gasteiger partial charge in [0.25, 0.3) is 0 Å². The van der Waals surface area contributed by atoms with Crippen molar-refractivity contribution in [2.24, 2.45) is 7.05 Å². The number of aromatic nitrogens is 2. The molecule has 1 aliphatic rings. The van der Waals surface area contributed by atoms with Gasteiger partial charge in [0.2, 0.25) is 0 Å². The van der Waals surface area contributed by atoms with Crippen LogP contribution in [0.5, 0.6) is 0 Å². The first-order valence-corrected chi connectivity index (χ1v) is 6.55. The number of hydrogen-bond acceptors (Lipinski definition) is 3. The van der Waals surface area contributed by atoms with E-state index in [0.717, 1.165) is 18.0 Å². The van der Waals surface area contributed by atoms with Gasteiger partial charge in [-0.1, -0.05) is 0 Å². The third-order valence-electron chi connectivity index (χ3n) is 3.73. The molecule has 4 heteroatoms. The Bertz CT molecular complexity index is 515. The lowest BCUT2D eigenvalue weighted by Crippen LogP contribution is -2.35. The van der Waals surface area contributed by atoms with Gasteiger partial charge in [-0.25, -0.2) is 0 Å². The van der Waals surface area contributed by atoms with Crippen LogP contribution < -0.4 is 5.32 Å². The lowest BCUT2D eigenvalue weighted by Gasteiger charge is -2.27. The molecule has 2 aromatic rings. The first-order chi connectivity index (χ1) is 8.74. The standard InChI is InChI=1S/C14H19N3O/c1-10-8-11(5-6-15-10)13-9-12(16-17(13)2)14-4-3-7-18-14/h3-4,7,9-11,15H,5-6,8H2,1-2H3. The highest BCUT2D eigenvalue weighted by molar-refractivity contribution is 5.52. The average molecular weight is 245 g/mol. The monoisotopic (exact) mass is 245 g/mol. The summed E-state index contributed by atoms with van der Waals surface area (Å²) < 4.78 is 7.41. The van der Waals surface area contributed by atoms with E-state index in [1.807, 2.05) is 23.9 Å². The van der Waals surface area contributed by atoms with Gasteiger partial charge in [-0.2, -0.15) is 5.10 Å². The molecule has 96 valence electrons. The molecule has 2 atom stereocenters. The van der Waals surface area contributed by atoms with E-state index in [9.17, 15) is 0 Å². The van der Waals surface area contributed by atoms with E-state index in [1.165, 1.54) is 18.5 Å². The summed E-state index contributed by atoms with van der Waals surface area (Å²) in [5, 5.41) is 8.04. The minimum absolute atomic E-state index is 0.589. The zero-order valence-electron chi connectivity index (χ0n) is 10.9. The Morgan fingerprint density at radius 3 is 3.11 bits per heavy atom. The SMILES string of the molecule is CC1CC(c2cc(-c3ccco3)nn2C)CCN1. The Labute approximate surface area is 107 Å². The number of aryl methyl sites for hydroxylation is 1. The number of piperidine rings is 1. The normalized spacial score (nSPS) is 24.3. The molecule has 0 radical (unpaired) electrons. The van der Waals surface area contributed by atoms with E-state index < -0.39 is 0 Å². The third-order valence-corrected chi connectivity index (χ3v) is 3.73. The fraction of sp³-hybridized carbons (Fsp3) is 0.500. The first kappa shape index (κ1) is 11.5. The zero-order valence-corrected chi connectivity index (χ0v) is 10.9. The quantitative estimate of drug-likeness (QED) is 0.884. The van der Waals surface area contributed by atoms with Crippen LogP contribution in [0.25, 0.3) is 11.5 Å². The molecule has 2 aromatic heterocycles. The van der Waals surface area contributed by atoms with Crippen molar-refractivity contribution in [2.45, 2.75) is 31.7 Å². The molecule has 0 spiro atoms. The second-order valence-electron chi connectivity index (χ2n) is 5.13. The maximum atomic E-state index is 5.41. The van der Waals surface area contributed by atoms with Crippen LogP contribution in [0.1, 0.15) is 31.4 Å². The largest absolute Gasteiger partial charge is 0.463 e. The second-order valence-corrected chi connectivity index (χ2v) is 5.13. The van der Waals surface area contributed by atoms with E-state index in [2.05, 4.69) is 23.4 Å². The van der Waals surface area contributed by atoms with E-state index in [4.69, 9.17) is 4.42 Å². The fourth-order valence-corrected chi connectivity index (χ4v) is 2.81. The minimum atomic E-state index is 0.589. The highest BCUT2D eigenvalue weighted by atomic mass is 16.3. The summed E-state index contributed by atoms with van der Waals surface area (Å²) in [4.78, 5) is 0. The molecule has 2 unspecified atom stereocenters. The molecule has 1 N–H and O–H groups in total. The average Bonchev–Trinajstić information content (AvgIpc) is 2.97. The van der Waals surface area contributed by atoms with Crippen LogP contribution >= 0.6 is 0 Å². The van der Waals surface area contributed by atoms with Crippen molar-refractivity contribution in [3.05, 3.63) is 30.2 Å². The summed E-state index contributed by atoms with van der Waals surface area (Å²) in [6, 6.07) is 6.61. The highest BCUT2D eigenvalue weighted by Gasteiger charge is 2.23. The molecule has 3 heterocycles. The van der Waals surface area contributed by atoms with Crippen LogP contribution in [0.4, 0.5) is 0 Å². The molecule has 0 bridgehead atoms. The van der Waals surface area contributed by atoms with Gasteiger partial charge in [-0.05, 0) is 44.5 Å². The Morgan fingerprint density at radius 2 is 2.39 bits per heavy atom. The predicted octanol–water partition coefficient (Wildman–Crippen LogP) is 2.54. The molecule has 3 rings (SSSR count). The lowest BCUT2D eigenvalue weighted by atomic mass is 9.90. The Morgan fingerprint density at radius 1 is 1.50 bits per heavy atom. The molecular weight excluding hydrogens is 226 g/mol. The first-order valence-electron chi connectivity index (χ1n) is 6.55. The molecule has 1 fully saturated rings. The van der Waals surface area contributed by atoms with Gasteiger partial charge in [0.1, 0.15) is 5.69 Å². The zero-order chi connectivity index (χ0) is 12.5. The fourth-order valence-electron chi connectivity index (χ4n) is 2.81. The summed E-state index contributed by atoms with van der Waals surface area (Å²) >= 11 is 0. The molecule has 1 saturated heterocycles. The topological polar surface area (TPSA) is 43.0 Å². The van der Waals surface area contributed by atoms with E-state index in [-0.39, 0.29) is 0 Å². The van der Waals surface area contributed by atoms with Crippen LogP contribution in [-0.2, 0) is 7.05 Å². The van der Waals surface area contributed by atoms with Crippen molar-refractivity contribution in [1.29, 1.82) is 0 Å². The Kier molecular flexibility index (Phi) is 2.96. The van der Waals surface area contributed by atoms with Gasteiger partial charge in [0.15, 0.2) is 5.76 Å². The van der Waals surface area contributed by atoms with Gasteiger partial charge in [-0.15, -0.1) is 0 Å². The predicted molar refractivity (Wildman–Crippen MR) is 70.3 cm³/mol. The van der Waals surface area contributed by atoms with Crippen LogP contribution in [-0.4, -0.2) is 22.4 Å². The number of hydrogen-bond donors (Lipinski definition) is 1. The van der Waals surface area contributed by atoms with E-state index in [0.29, 0.717) is 12.0 Å².